The minimum atomic E-state index is -1.04. The molecule has 0 heterocycles. The van der Waals surface area contributed by atoms with E-state index in [2.05, 4.69) is 15.9 Å². The Morgan fingerprint density at radius 2 is 2.38 bits per heavy atom. The lowest BCUT2D eigenvalue weighted by molar-refractivity contribution is -0.550. The van der Waals surface area contributed by atoms with Crippen LogP contribution in [0.2, 0.25) is 0 Å². The molecule has 1 atom stereocenters. The van der Waals surface area contributed by atoms with Gasteiger partial charge in [0.25, 0.3) is 0 Å². The molecule has 0 aromatic carbocycles. The van der Waals surface area contributed by atoms with E-state index in [-0.39, 0.29) is 11.3 Å². The zero-order valence-corrected chi connectivity index (χ0v) is 9.00. The van der Waals surface area contributed by atoms with Gasteiger partial charge < -0.3 is 4.74 Å². The van der Waals surface area contributed by atoms with E-state index in [1.165, 1.54) is 7.11 Å². The summed E-state index contributed by atoms with van der Waals surface area (Å²) in [6.45, 7) is 1.57. The molecule has 1 aliphatic rings. The summed E-state index contributed by atoms with van der Waals surface area (Å²) in [6, 6.07) is 0. The predicted molar refractivity (Wildman–Crippen MR) is 52.1 cm³/mol. The molecule has 0 spiro atoms. The number of halogens is 1. The molecular weight excluding hydrogens is 238 g/mol. The zero-order chi connectivity index (χ0) is 10.1. The minimum Gasteiger partial charge on any atom is -0.500 e. The zero-order valence-electron chi connectivity index (χ0n) is 7.41. The summed E-state index contributed by atoms with van der Waals surface area (Å²) >= 11 is 3.26. The molecule has 13 heavy (non-hydrogen) atoms. The number of nitro groups is 1. The maximum atomic E-state index is 10.7. The van der Waals surface area contributed by atoms with Crippen molar-refractivity contribution in [2.45, 2.75) is 18.9 Å². The van der Waals surface area contributed by atoms with Crippen LogP contribution in [0.1, 0.15) is 13.3 Å². The van der Waals surface area contributed by atoms with Gasteiger partial charge in [-0.3, -0.25) is 10.1 Å². The van der Waals surface area contributed by atoms with Crippen LogP contribution in [0, 0.1) is 10.1 Å². The summed E-state index contributed by atoms with van der Waals surface area (Å²) in [5.74, 6) is 0.613. The van der Waals surface area contributed by atoms with Crippen molar-refractivity contribution < 1.29 is 9.66 Å². The summed E-state index contributed by atoms with van der Waals surface area (Å²) in [7, 11) is 1.51. The SMILES string of the molecule is COC1=C(Br)C=CC(C)([N+](=O)[O-])C1. The Bertz CT molecular complexity index is 298. The van der Waals surface area contributed by atoms with Crippen molar-refractivity contribution in [3.8, 4) is 0 Å². The topological polar surface area (TPSA) is 52.4 Å². The molecule has 1 rings (SSSR count). The molecule has 0 amide bonds. The van der Waals surface area contributed by atoms with Crippen molar-refractivity contribution in [2.75, 3.05) is 7.11 Å². The average molecular weight is 248 g/mol. The van der Waals surface area contributed by atoms with E-state index < -0.39 is 5.54 Å². The lowest BCUT2D eigenvalue weighted by atomic mass is 9.93. The fraction of sp³-hybridized carbons (Fsp3) is 0.500. The molecule has 0 saturated carbocycles. The summed E-state index contributed by atoms with van der Waals surface area (Å²) in [5.41, 5.74) is -1.04. The first kappa shape index (κ1) is 10.2. The predicted octanol–water partition coefficient (Wildman–Crippen LogP) is 2.23. The molecule has 0 N–H and O–H groups in total. The number of hydrogen-bond donors (Lipinski definition) is 0. The van der Waals surface area contributed by atoms with Crippen molar-refractivity contribution in [1.82, 2.24) is 0 Å². The summed E-state index contributed by atoms with van der Waals surface area (Å²) in [5, 5.41) is 10.7. The van der Waals surface area contributed by atoms with Crippen LogP contribution in [0.25, 0.3) is 0 Å². The second-order valence-corrected chi connectivity index (χ2v) is 3.95. The third-order valence-electron chi connectivity index (χ3n) is 2.04. The van der Waals surface area contributed by atoms with Crippen molar-refractivity contribution in [3.63, 3.8) is 0 Å². The van der Waals surface area contributed by atoms with Gasteiger partial charge >= 0.3 is 0 Å². The van der Waals surface area contributed by atoms with E-state index in [4.69, 9.17) is 4.74 Å². The Morgan fingerprint density at radius 1 is 1.77 bits per heavy atom. The first-order valence-corrected chi connectivity index (χ1v) is 4.55. The van der Waals surface area contributed by atoms with Gasteiger partial charge in [-0.05, 0) is 28.1 Å². The maximum absolute atomic E-state index is 10.7. The van der Waals surface area contributed by atoms with E-state index in [9.17, 15) is 10.1 Å². The quantitative estimate of drug-likeness (QED) is 0.556. The number of hydrogen-bond acceptors (Lipinski definition) is 3. The fourth-order valence-corrected chi connectivity index (χ4v) is 1.54. The van der Waals surface area contributed by atoms with Crippen LogP contribution in [-0.2, 0) is 4.74 Å². The Labute approximate surface area is 84.5 Å². The second-order valence-electron chi connectivity index (χ2n) is 3.10. The first-order chi connectivity index (χ1) is 5.99. The van der Waals surface area contributed by atoms with E-state index in [1.54, 1.807) is 19.1 Å². The van der Waals surface area contributed by atoms with Crippen molar-refractivity contribution in [1.29, 1.82) is 0 Å². The van der Waals surface area contributed by atoms with Gasteiger partial charge in [-0.25, -0.2) is 0 Å². The highest BCUT2D eigenvalue weighted by Gasteiger charge is 2.38. The van der Waals surface area contributed by atoms with Gasteiger partial charge in [0.05, 0.1) is 18.0 Å². The molecule has 0 aromatic rings. The van der Waals surface area contributed by atoms with E-state index in [0.29, 0.717) is 5.76 Å². The van der Waals surface area contributed by atoms with E-state index in [0.717, 1.165) is 4.48 Å². The number of allylic oxidation sites excluding steroid dienone is 2. The molecule has 0 aliphatic heterocycles. The third kappa shape index (κ3) is 1.91. The molecule has 5 heteroatoms. The molecule has 0 bridgehead atoms. The summed E-state index contributed by atoms with van der Waals surface area (Å²) in [4.78, 5) is 10.4. The molecule has 72 valence electrons. The Kier molecular flexibility index (Phi) is 2.75. The molecule has 1 aliphatic carbocycles. The number of rotatable bonds is 2. The highest BCUT2D eigenvalue weighted by atomic mass is 79.9. The van der Waals surface area contributed by atoms with Crippen molar-refractivity contribution in [2.24, 2.45) is 0 Å². The number of methoxy groups -OCH3 is 1. The monoisotopic (exact) mass is 247 g/mol. The second kappa shape index (κ2) is 3.49. The van der Waals surface area contributed by atoms with Crippen LogP contribution in [0.5, 0.6) is 0 Å². The van der Waals surface area contributed by atoms with Gasteiger partial charge in [0.15, 0.2) is 0 Å². The van der Waals surface area contributed by atoms with Gasteiger partial charge in [-0.1, -0.05) is 0 Å². The van der Waals surface area contributed by atoms with Crippen LogP contribution in [0.15, 0.2) is 22.4 Å². The Hall–Kier alpha value is -0.840. The average Bonchev–Trinajstić information content (AvgIpc) is 2.09. The van der Waals surface area contributed by atoms with Crippen LogP contribution < -0.4 is 0 Å². The van der Waals surface area contributed by atoms with Crippen LogP contribution in [-0.4, -0.2) is 17.6 Å². The summed E-state index contributed by atoms with van der Waals surface area (Å²) in [6.07, 6.45) is 3.51. The van der Waals surface area contributed by atoms with E-state index in [1.807, 2.05) is 0 Å². The van der Waals surface area contributed by atoms with Crippen LogP contribution in [0.4, 0.5) is 0 Å². The lowest BCUT2D eigenvalue weighted by Crippen LogP contribution is -2.34. The molecule has 0 saturated heterocycles. The fourth-order valence-electron chi connectivity index (χ4n) is 1.11. The van der Waals surface area contributed by atoms with Gasteiger partial charge in [0.2, 0.25) is 5.54 Å². The van der Waals surface area contributed by atoms with E-state index >= 15 is 0 Å². The normalized spacial score (nSPS) is 27.6. The van der Waals surface area contributed by atoms with Gasteiger partial charge in [0.1, 0.15) is 5.76 Å². The van der Waals surface area contributed by atoms with Crippen molar-refractivity contribution in [3.05, 3.63) is 32.5 Å². The highest BCUT2D eigenvalue weighted by Crippen LogP contribution is 2.31. The van der Waals surface area contributed by atoms with Crippen LogP contribution >= 0.6 is 15.9 Å². The van der Waals surface area contributed by atoms with Gasteiger partial charge in [-0.2, -0.15) is 0 Å². The largest absolute Gasteiger partial charge is 0.500 e. The van der Waals surface area contributed by atoms with Crippen molar-refractivity contribution >= 4 is 15.9 Å². The maximum Gasteiger partial charge on any atom is 0.244 e. The van der Waals surface area contributed by atoms with Crippen LogP contribution in [0.3, 0.4) is 0 Å². The third-order valence-corrected chi connectivity index (χ3v) is 2.74. The summed E-state index contributed by atoms with van der Waals surface area (Å²) < 4.78 is 5.80. The molecule has 0 aromatic heterocycles. The smallest absolute Gasteiger partial charge is 0.244 e. The highest BCUT2D eigenvalue weighted by molar-refractivity contribution is 9.11. The van der Waals surface area contributed by atoms with Gasteiger partial charge in [-0.15, -0.1) is 0 Å². The number of nitrogens with zero attached hydrogens (tertiary/aromatic N) is 1. The Balaban J connectivity index is 2.95. The minimum absolute atomic E-state index is 0.285. The molecule has 4 nitrogen and oxygen atoms in total. The molecule has 1 unspecified atom stereocenters. The number of ether oxygens (including phenoxy) is 1. The molecule has 0 radical (unpaired) electrons. The Morgan fingerprint density at radius 3 is 2.85 bits per heavy atom. The standard InChI is InChI=1S/C8H10BrNO3/c1-8(10(11)12)4-3-6(9)7(5-8)13-2/h3-4H,5H2,1-2H3. The van der Waals surface area contributed by atoms with Gasteiger partial charge in [0, 0.05) is 11.8 Å². The lowest BCUT2D eigenvalue weighted by Gasteiger charge is -2.22. The molecule has 0 fully saturated rings. The molecular formula is C8H10BrNO3. The first-order valence-electron chi connectivity index (χ1n) is 3.76.